The van der Waals surface area contributed by atoms with Gasteiger partial charge in [0.05, 0.1) is 11.1 Å². The number of benzene rings is 2. The molecule has 0 heterocycles. The van der Waals surface area contributed by atoms with E-state index in [0.717, 1.165) is 37.8 Å². The Hall–Kier alpha value is -2.83. The van der Waals surface area contributed by atoms with Crippen LogP contribution in [0.4, 0.5) is 18.9 Å². The van der Waals surface area contributed by atoms with Gasteiger partial charge < -0.3 is 10.4 Å². The molecule has 2 rings (SSSR count). The molecule has 4 nitrogen and oxygen atoms in total. The van der Waals surface area contributed by atoms with E-state index in [1.54, 1.807) is 0 Å². The molecular formula is C26H32F3NO3. The summed E-state index contributed by atoms with van der Waals surface area (Å²) in [6, 6.07) is 8.21. The van der Waals surface area contributed by atoms with Crippen molar-refractivity contribution in [1.29, 1.82) is 0 Å². The molecule has 1 amide bonds. The average molecular weight is 464 g/mol. The number of aromatic hydroxyl groups is 1. The molecule has 2 aromatic carbocycles. The normalized spacial score (nSPS) is 11.4. The van der Waals surface area contributed by atoms with Crippen LogP contribution in [0.1, 0.15) is 97.4 Å². The number of hydrogen-bond acceptors (Lipinski definition) is 3. The lowest BCUT2D eigenvalue weighted by Crippen LogP contribution is -2.14. The molecule has 0 atom stereocenters. The van der Waals surface area contributed by atoms with E-state index in [4.69, 9.17) is 0 Å². The number of amides is 1. The summed E-state index contributed by atoms with van der Waals surface area (Å²) >= 11 is 0. The van der Waals surface area contributed by atoms with E-state index in [1.807, 2.05) is 0 Å². The summed E-state index contributed by atoms with van der Waals surface area (Å²) in [7, 11) is 0. The van der Waals surface area contributed by atoms with Crippen molar-refractivity contribution in [2.75, 3.05) is 5.32 Å². The predicted octanol–water partition coefficient (Wildman–Crippen LogP) is 7.77. The van der Waals surface area contributed by atoms with E-state index in [-0.39, 0.29) is 22.8 Å². The number of halogens is 3. The third-order valence-electron chi connectivity index (χ3n) is 5.52. The Labute approximate surface area is 193 Å². The zero-order valence-corrected chi connectivity index (χ0v) is 19.0. The van der Waals surface area contributed by atoms with Crippen LogP contribution in [0.2, 0.25) is 0 Å². The van der Waals surface area contributed by atoms with Crippen molar-refractivity contribution in [1.82, 2.24) is 0 Å². The molecule has 33 heavy (non-hydrogen) atoms. The quantitative estimate of drug-likeness (QED) is 0.236. The number of unbranched alkanes of at least 4 members (excludes halogenated alkanes) is 8. The van der Waals surface area contributed by atoms with Crippen LogP contribution in [0.15, 0.2) is 42.5 Å². The number of anilines is 1. The van der Waals surface area contributed by atoms with Crippen LogP contribution in [-0.4, -0.2) is 16.8 Å². The molecule has 0 unspecified atom stereocenters. The maximum Gasteiger partial charge on any atom is 0.416 e. The van der Waals surface area contributed by atoms with Gasteiger partial charge in [-0.2, -0.15) is 13.2 Å². The molecule has 0 radical (unpaired) electrons. The molecule has 0 aliphatic carbocycles. The lowest BCUT2D eigenvalue weighted by Gasteiger charge is -2.11. The molecule has 0 saturated carbocycles. The van der Waals surface area contributed by atoms with Crippen molar-refractivity contribution >= 4 is 17.4 Å². The van der Waals surface area contributed by atoms with Gasteiger partial charge in [0.15, 0.2) is 5.78 Å². The lowest BCUT2D eigenvalue weighted by molar-refractivity contribution is -0.137. The highest BCUT2D eigenvalue weighted by molar-refractivity contribution is 6.08. The molecule has 0 bridgehead atoms. The van der Waals surface area contributed by atoms with Gasteiger partial charge >= 0.3 is 6.18 Å². The van der Waals surface area contributed by atoms with E-state index in [1.165, 1.54) is 62.4 Å². The van der Waals surface area contributed by atoms with E-state index < -0.39 is 17.6 Å². The van der Waals surface area contributed by atoms with Crippen LogP contribution in [0.5, 0.6) is 5.75 Å². The fraction of sp³-hybridized carbons (Fsp3) is 0.462. The number of phenols is 1. The van der Waals surface area contributed by atoms with Gasteiger partial charge in [-0.1, -0.05) is 64.4 Å². The zero-order valence-electron chi connectivity index (χ0n) is 19.0. The van der Waals surface area contributed by atoms with Gasteiger partial charge in [0, 0.05) is 17.7 Å². The molecule has 0 aliphatic rings. The van der Waals surface area contributed by atoms with Gasteiger partial charge in [-0.15, -0.1) is 0 Å². The third-order valence-corrected chi connectivity index (χ3v) is 5.52. The van der Waals surface area contributed by atoms with Gasteiger partial charge in [-0.25, -0.2) is 0 Å². The number of carbonyl (C=O) groups excluding carboxylic acids is 2. The fourth-order valence-corrected chi connectivity index (χ4v) is 3.60. The zero-order chi connectivity index (χ0) is 24.3. The van der Waals surface area contributed by atoms with Crippen LogP contribution in [0, 0.1) is 0 Å². The minimum absolute atomic E-state index is 0.0550. The van der Waals surface area contributed by atoms with Gasteiger partial charge in [-0.3, -0.25) is 9.59 Å². The SMILES string of the molecule is CCCCCCCCCCCC(=O)c1ccc(O)c(C(=O)Nc2cccc(C(F)(F)F)c2)c1. The number of alkyl halides is 3. The standard InChI is InChI=1S/C26H32F3NO3/c1-2-3-4-5-6-7-8-9-10-14-23(31)19-15-16-24(32)22(17-19)25(33)30-21-13-11-12-20(18-21)26(27,28)29/h11-13,15-18,32H,2-10,14H2,1H3,(H,30,33). The Kier molecular flexibility index (Phi) is 10.4. The highest BCUT2D eigenvalue weighted by Gasteiger charge is 2.30. The topological polar surface area (TPSA) is 66.4 Å². The Balaban J connectivity index is 1.89. The molecule has 0 aromatic heterocycles. The first-order valence-corrected chi connectivity index (χ1v) is 11.6. The number of carbonyl (C=O) groups is 2. The largest absolute Gasteiger partial charge is 0.507 e. The minimum Gasteiger partial charge on any atom is -0.507 e. The summed E-state index contributed by atoms with van der Waals surface area (Å²) in [5.41, 5.74) is -0.818. The van der Waals surface area contributed by atoms with Crippen LogP contribution in [-0.2, 0) is 6.18 Å². The number of ketones is 1. The van der Waals surface area contributed by atoms with E-state index in [0.29, 0.717) is 12.0 Å². The molecule has 2 N–H and O–H groups in total. The van der Waals surface area contributed by atoms with E-state index in [9.17, 15) is 27.9 Å². The van der Waals surface area contributed by atoms with Crippen LogP contribution in [0.3, 0.4) is 0 Å². The molecular weight excluding hydrogens is 431 g/mol. The first-order chi connectivity index (χ1) is 15.7. The highest BCUT2D eigenvalue weighted by atomic mass is 19.4. The third kappa shape index (κ3) is 8.91. The smallest absolute Gasteiger partial charge is 0.416 e. The molecule has 7 heteroatoms. The van der Waals surface area contributed by atoms with Crippen molar-refractivity contribution in [2.24, 2.45) is 0 Å². The number of phenolic OH excluding ortho intramolecular Hbond substituents is 1. The van der Waals surface area contributed by atoms with Crippen LogP contribution in [0.25, 0.3) is 0 Å². The molecule has 2 aromatic rings. The van der Waals surface area contributed by atoms with Crippen molar-refractivity contribution < 1.29 is 27.9 Å². The second-order valence-corrected chi connectivity index (χ2v) is 8.27. The molecule has 180 valence electrons. The van der Waals surface area contributed by atoms with Crippen LogP contribution >= 0.6 is 0 Å². The first kappa shape index (κ1) is 26.4. The molecule has 0 aliphatic heterocycles. The summed E-state index contributed by atoms with van der Waals surface area (Å²) in [5.74, 6) is -1.27. The molecule has 0 spiro atoms. The highest BCUT2D eigenvalue weighted by Crippen LogP contribution is 2.31. The monoisotopic (exact) mass is 463 g/mol. The second kappa shape index (κ2) is 13.0. The number of rotatable bonds is 13. The summed E-state index contributed by atoms with van der Waals surface area (Å²) in [6.07, 6.45) is 6.02. The minimum atomic E-state index is -4.54. The Morgan fingerprint density at radius 1 is 0.879 bits per heavy atom. The summed E-state index contributed by atoms with van der Waals surface area (Å²) in [6.45, 7) is 2.19. The van der Waals surface area contributed by atoms with Gasteiger partial charge in [-0.05, 0) is 42.8 Å². The lowest BCUT2D eigenvalue weighted by atomic mass is 10.0. The van der Waals surface area contributed by atoms with Crippen molar-refractivity contribution in [3.63, 3.8) is 0 Å². The first-order valence-electron chi connectivity index (χ1n) is 11.6. The summed E-state index contributed by atoms with van der Waals surface area (Å²) in [4.78, 5) is 25.0. The maximum atomic E-state index is 12.9. The summed E-state index contributed by atoms with van der Waals surface area (Å²) in [5, 5.41) is 12.4. The Bertz CT molecular complexity index is 925. The molecule has 0 fully saturated rings. The van der Waals surface area contributed by atoms with Gasteiger partial charge in [0.25, 0.3) is 5.91 Å². The van der Waals surface area contributed by atoms with Crippen molar-refractivity contribution in [3.05, 3.63) is 59.2 Å². The Morgan fingerprint density at radius 2 is 1.52 bits per heavy atom. The van der Waals surface area contributed by atoms with Gasteiger partial charge in [0.2, 0.25) is 0 Å². The van der Waals surface area contributed by atoms with E-state index in [2.05, 4.69) is 12.2 Å². The summed E-state index contributed by atoms with van der Waals surface area (Å²) < 4.78 is 38.6. The van der Waals surface area contributed by atoms with Crippen molar-refractivity contribution in [2.45, 2.75) is 77.3 Å². The second-order valence-electron chi connectivity index (χ2n) is 8.27. The maximum absolute atomic E-state index is 12.9. The Morgan fingerprint density at radius 3 is 2.15 bits per heavy atom. The predicted molar refractivity (Wildman–Crippen MR) is 124 cm³/mol. The fourth-order valence-electron chi connectivity index (χ4n) is 3.60. The molecule has 0 saturated heterocycles. The number of Topliss-reactive ketones (excluding diaryl/α,β-unsaturated/α-hetero) is 1. The van der Waals surface area contributed by atoms with Gasteiger partial charge in [0.1, 0.15) is 5.75 Å². The van der Waals surface area contributed by atoms with Crippen LogP contribution < -0.4 is 5.32 Å². The van der Waals surface area contributed by atoms with Crippen molar-refractivity contribution in [3.8, 4) is 5.75 Å². The average Bonchev–Trinajstić information content (AvgIpc) is 2.77. The number of nitrogens with one attached hydrogen (secondary N) is 1. The number of hydrogen-bond donors (Lipinski definition) is 2. The van der Waals surface area contributed by atoms with E-state index >= 15 is 0 Å².